The van der Waals surface area contributed by atoms with E-state index in [4.69, 9.17) is 0 Å². The van der Waals surface area contributed by atoms with Crippen LogP contribution in [0, 0.1) is 5.82 Å². The third-order valence-electron chi connectivity index (χ3n) is 3.13. The molecule has 0 aliphatic rings. The summed E-state index contributed by atoms with van der Waals surface area (Å²) in [4.78, 5) is 12.5. The summed E-state index contributed by atoms with van der Waals surface area (Å²) in [6, 6.07) is 7.06. The van der Waals surface area contributed by atoms with E-state index in [9.17, 15) is 9.18 Å². The molecule has 4 heteroatoms. The van der Waals surface area contributed by atoms with E-state index in [0.29, 0.717) is 23.4 Å². The second-order valence-corrected chi connectivity index (χ2v) is 5.53. The molecule has 20 heavy (non-hydrogen) atoms. The Kier molecular flexibility index (Phi) is 4.90. The zero-order chi connectivity index (χ0) is 14.5. The number of carbonyl (C=O) groups is 1. The molecule has 0 unspecified atom stereocenters. The first-order valence-electron chi connectivity index (χ1n) is 6.81. The third kappa shape index (κ3) is 3.25. The Morgan fingerprint density at radius 1 is 1.25 bits per heavy atom. The van der Waals surface area contributed by atoms with Crippen molar-refractivity contribution in [2.75, 3.05) is 6.54 Å². The van der Waals surface area contributed by atoms with Gasteiger partial charge in [-0.25, -0.2) is 4.39 Å². The van der Waals surface area contributed by atoms with Crippen LogP contribution in [0.5, 0.6) is 0 Å². The van der Waals surface area contributed by atoms with Crippen LogP contribution in [-0.2, 0) is 6.42 Å². The third-order valence-corrected chi connectivity index (χ3v) is 4.06. The predicted octanol–water partition coefficient (Wildman–Crippen LogP) is 4.26. The molecule has 0 spiro atoms. The molecule has 0 aliphatic carbocycles. The van der Waals surface area contributed by atoms with Gasteiger partial charge in [0.15, 0.2) is 0 Å². The molecule has 0 radical (unpaired) electrons. The molecular formula is C16H18FNOS. The number of halogens is 1. The minimum atomic E-state index is -0.187. The van der Waals surface area contributed by atoms with Crippen molar-refractivity contribution in [2.45, 2.75) is 26.7 Å². The van der Waals surface area contributed by atoms with Crippen LogP contribution in [0.1, 0.15) is 35.5 Å². The van der Waals surface area contributed by atoms with E-state index in [-0.39, 0.29) is 11.7 Å². The van der Waals surface area contributed by atoms with E-state index in [1.165, 1.54) is 17.4 Å². The normalized spacial score (nSPS) is 10.6. The van der Waals surface area contributed by atoms with Gasteiger partial charge in [0.1, 0.15) is 5.82 Å². The average Bonchev–Trinajstić information content (AvgIpc) is 2.94. The van der Waals surface area contributed by atoms with Crippen LogP contribution in [0.3, 0.4) is 0 Å². The molecule has 1 aromatic heterocycles. The number of rotatable bonds is 5. The van der Waals surface area contributed by atoms with Crippen molar-refractivity contribution in [3.8, 4) is 11.1 Å². The molecule has 0 fully saturated rings. The van der Waals surface area contributed by atoms with Crippen molar-refractivity contribution in [1.82, 2.24) is 5.32 Å². The Morgan fingerprint density at radius 2 is 2.05 bits per heavy atom. The smallest absolute Gasteiger partial charge is 0.261 e. The second kappa shape index (κ2) is 6.66. The van der Waals surface area contributed by atoms with E-state index in [1.807, 2.05) is 31.4 Å². The van der Waals surface area contributed by atoms with E-state index < -0.39 is 0 Å². The van der Waals surface area contributed by atoms with Gasteiger partial charge in [-0.15, -0.1) is 11.3 Å². The summed E-state index contributed by atoms with van der Waals surface area (Å²) < 4.78 is 13.8. The van der Waals surface area contributed by atoms with Crippen LogP contribution in [0.4, 0.5) is 4.39 Å². The minimum absolute atomic E-state index is 0.0613. The number of hydrogen-bond donors (Lipinski definition) is 1. The number of benzene rings is 1. The fourth-order valence-corrected chi connectivity index (χ4v) is 2.78. The summed E-state index contributed by atoms with van der Waals surface area (Å²) in [5.41, 5.74) is 2.41. The number of hydrogen-bond acceptors (Lipinski definition) is 2. The first kappa shape index (κ1) is 14.7. The van der Waals surface area contributed by atoms with E-state index in [0.717, 1.165) is 17.5 Å². The lowest BCUT2D eigenvalue weighted by Gasteiger charge is -2.03. The van der Waals surface area contributed by atoms with Gasteiger partial charge in [0.05, 0.1) is 4.88 Å². The molecule has 2 aromatic rings. The molecule has 106 valence electrons. The average molecular weight is 291 g/mol. The summed E-state index contributed by atoms with van der Waals surface area (Å²) in [5, 5.41) is 4.73. The van der Waals surface area contributed by atoms with Crippen molar-refractivity contribution < 1.29 is 9.18 Å². The summed E-state index contributed by atoms with van der Waals surface area (Å²) in [6.07, 6.45) is 1.59. The van der Waals surface area contributed by atoms with Gasteiger partial charge in [0.2, 0.25) is 0 Å². The van der Waals surface area contributed by atoms with Gasteiger partial charge in [-0.05, 0) is 47.0 Å². The Balaban J connectivity index is 2.20. The van der Waals surface area contributed by atoms with Gasteiger partial charge in [-0.1, -0.05) is 26.0 Å². The second-order valence-electron chi connectivity index (χ2n) is 4.62. The fourth-order valence-electron chi connectivity index (χ4n) is 1.95. The van der Waals surface area contributed by atoms with Crippen LogP contribution in [0.25, 0.3) is 11.1 Å². The number of carbonyl (C=O) groups excluding carboxylic acids is 1. The summed E-state index contributed by atoms with van der Waals surface area (Å²) in [6.45, 7) is 4.61. The molecule has 2 nitrogen and oxygen atoms in total. The van der Waals surface area contributed by atoms with Gasteiger partial charge < -0.3 is 5.32 Å². The fraction of sp³-hybridized carbons (Fsp3) is 0.312. The first-order chi connectivity index (χ1) is 9.65. The molecule has 0 bridgehead atoms. The van der Waals surface area contributed by atoms with Crippen molar-refractivity contribution >= 4 is 17.2 Å². The van der Waals surface area contributed by atoms with Gasteiger partial charge in [-0.3, -0.25) is 4.79 Å². The van der Waals surface area contributed by atoms with Gasteiger partial charge >= 0.3 is 0 Å². The van der Waals surface area contributed by atoms with Crippen LogP contribution in [-0.4, -0.2) is 12.5 Å². The highest BCUT2D eigenvalue weighted by atomic mass is 32.1. The minimum Gasteiger partial charge on any atom is -0.351 e. The van der Waals surface area contributed by atoms with Crippen LogP contribution in [0.15, 0.2) is 29.6 Å². The standard InChI is InChI=1S/C16H18FNOS/c1-3-7-18-16(19)15-9-13(10-20-15)12-6-5-11(4-2)14(17)8-12/h5-6,8-10H,3-4,7H2,1-2H3,(H,18,19). The number of amides is 1. The number of aryl methyl sites for hydroxylation is 1. The topological polar surface area (TPSA) is 29.1 Å². The van der Waals surface area contributed by atoms with Crippen LogP contribution in [0.2, 0.25) is 0 Å². The molecule has 0 atom stereocenters. The lowest BCUT2D eigenvalue weighted by molar-refractivity contribution is 0.0957. The highest BCUT2D eigenvalue weighted by Gasteiger charge is 2.10. The predicted molar refractivity (Wildman–Crippen MR) is 81.7 cm³/mol. The van der Waals surface area contributed by atoms with E-state index >= 15 is 0 Å². The maximum absolute atomic E-state index is 13.8. The largest absolute Gasteiger partial charge is 0.351 e. The molecule has 1 N–H and O–H groups in total. The zero-order valence-electron chi connectivity index (χ0n) is 11.7. The highest BCUT2D eigenvalue weighted by molar-refractivity contribution is 7.12. The van der Waals surface area contributed by atoms with Gasteiger partial charge in [-0.2, -0.15) is 0 Å². The molecular weight excluding hydrogens is 273 g/mol. The van der Waals surface area contributed by atoms with Crippen molar-refractivity contribution in [2.24, 2.45) is 0 Å². The summed E-state index contributed by atoms with van der Waals surface area (Å²) in [7, 11) is 0. The van der Waals surface area contributed by atoms with Gasteiger partial charge in [0, 0.05) is 6.54 Å². The molecule has 1 amide bonds. The maximum Gasteiger partial charge on any atom is 0.261 e. The van der Waals surface area contributed by atoms with Gasteiger partial charge in [0.25, 0.3) is 5.91 Å². The maximum atomic E-state index is 13.8. The highest BCUT2D eigenvalue weighted by Crippen LogP contribution is 2.27. The zero-order valence-corrected chi connectivity index (χ0v) is 12.5. The van der Waals surface area contributed by atoms with Crippen molar-refractivity contribution in [1.29, 1.82) is 0 Å². The Labute approximate surface area is 122 Å². The van der Waals surface area contributed by atoms with Crippen molar-refractivity contribution in [3.05, 3.63) is 45.9 Å². The molecule has 1 aromatic carbocycles. The molecule has 0 saturated carbocycles. The lowest BCUT2D eigenvalue weighted by Crippen LogP contribution is -2.22. The SMILES string of the molecule is CCCNC(=O)c1cc(-c2ccc(CC)c(F)c2)cs1. The van der Waals surface area contributed by atoms with Crippen molar-refractivity contribution in [3.63, 3.8) is 0 Å². The summed E-state index contributed by atoms with van der Waals surface area (Å²) in [5.74, 6) is -0.248. The monoisotopic (exact) mass is 291 g/mol. The van der Waals surface area contributed by atoms with E-state index in [1.54, 1.807) is 6.07 Å². The first-order valence-corrected chi connectivity index (χ1v) is 7.69. The van der Waals surface area contributed by atoms with Crippen LogP contribution >= 0.6 is 11.3 Å². The molecule has 2 rings (SSSR count). The molecule has 1 heterocycles. The molecule has 0 saturated heterocycles. The number of nitrogens with one attached hydrogen (secondary N) is 1. The Hall–Kier alpha value is -1.68. The quantitative estimate of drug-likeness (QED) is 0.876. The van der Waals surface area contributed by atoms with E-state index in [2.05, 4.69) is 5.32 Å². The molecule has 0 aliphatic heterocycles. The Morgan fingerprint density at radius 3 is 2.70 bits per heavy atom. The Bertz CT molecular complexity index is 606. The lowest BCUT2D eigenvalue weighted by atomic mass is 10.0. The van der Waals surface area contributed by atoms with Crippen LogP contribution < -0.4 is 5.32 Å². The summed E-state index contributed by atoms with van der Waals surface area (Å²) >= 11 is 1.38. The number of thiophene rings is 1.